The second kappa shape index (κ2) is 9.47. The summed E-state index contributed by atoms with van der Waals surface area (Å²) in [6, 6.07) is 17.4. The molecule has 2 heterocycles. The van der Waals surface area contributed by atoms with Crippen LogP contribution in [0.1, 0.15) is 43.9 Å². The lowest BCUT2D eigenvalue weighted by atomic mass is 9.94. The summed E-state index contributed by atoms with van der Waals surface area (Å²) in [5.41, 5.74) is 3.42. The van der Waals surface area contributed by atoms with E-state index >= 15 is 0 Å². The number of anilines is 1. The van der Waals surface area contributed by atoms with Gasteiger partial charge in [0.2, 0.25) is 5.95 Å². The third-order valence-electron chi connectivity index (χ3n) is 5.12. The van der Waals surface area contributed by atoms with E-state index in [0.717, 1.165) is 35.4 Å². The Morgan fingerprint density at radius 2 is 1.87 bits per heavy atom. The van der Waals surface area contributed by atoms with Crippen molar-refractivity contribution in [2.75, 3.05) is 11.9 Å². The number of hydrogen-bond acceptors (Lipinski definition) is 6. The average Bonchev–Trinajstić information content (AvgIpc) is 3.26. The lowest BCUT2D eigenvalue weighted by molar-refractivity contribution is -0.139. The molecule has 0 aliphatic carbocycles. The molecule has 0 amide bonds. The highest BCUT2D eigenvalue weighted by atomic mass is 16.5. The van der Waals surface area contributed by atoms with Crippen LogP contribution in [0, 0.1) is 0 Å². The number of nitrogens with one attached hydrogen (secondary N) is 1. The zero-order valence-corrected chi connectivity index (χ0v) is 17.7. The first-order valence-corrected chi connectivity index (χ1v) is 10.5. The molecule has 4 rings (SSSR count). The van der Waals surface area contributed by atoms with Gasteiger partial charge in [0.1, 0.15) is 24.7 Å². The van der Waals surface area contributed by atoms with Crippen LogP contribution in [0.25, 0.3) is 0 Å². The van der Waals surface area contributed by atoms with Gasteiger partial charge in [-0.25, -0.2) is 9.48 Å². The first kappa shape index (κ1) is 20.7. The van der Waals surface area contributed by atoms with Gasteiger partial charge in [-0.1, -0.05) is 55.8 Å². The van der Waals surface area contributed by atoms with Crippen LogP contribution in [-0.4, -0.2) is 27.3 Å². The van der Waals surface area contributed by atoms with Crippen molar-refractivity contribution in [2.45, 2.75) is 39.3 Å². The number of ether oxygens (including phenoxy) is 2. The van der Waals surface area contributed by atoms with Gasteiger partial charge in [0.15, 0.2) is 0 Å². The van der Waals surface area contributed by atoms with E-state index in [1.54, 1.807) is 4.68 Å². The summed E-state index contributed by atoms with van der Waals surface area (Å²) in [6.07, 6.45) is 3.10. The van der Waals surface area contributed by atoms with Crippen molar-refractivity contribution >= 4 is 11.9 Å². The Labute approximate surface area is 181 Å². The fourth-order valence-electron chi connectivity index (χ4n) is 3.70. The van der Waals surface area contributed by atoms with E-state index < -0.39 is 6.04 Å². The zero-order chi connectivity index (χ0) is 21.6. The minimum atomic E-state index is -0.414. The molecule has 31 heavy (non-hydrogen) atoms. The number of aromatic nitrogens is 3. The lowest BCUT2D eigenvalue weighted by Gasteiger charge is -2.29. The molecule has 0 saturated heterocycles. The standard InChI is InChI=1S/C24H26N4O3/c1-3-8-20-21(23(29)30-4-2)22(28-24(27-20)25-16-26-28)18-11-13-19(14-12-18)31-15-17-9-6-5-7-10-17/h5-7,9-14,16,22H,3-4,8,15H2,1-2H3,(H,25,26,27)/t22-/m0/s1. The molecule has 1 aromatic heterocycles. The van der Waals surface area contributed by atoms with Crippen molar-refractivity contribution in [1.29, 1.82) is 0 Å². The Kier molecular flexibility index (Phi) is 6.31. The van der Waals surface area contributed by atoms with Crippen LogP contribution in [-0.2, 0) is 16.1 Å². The molecule has 7 nitrogen and oxygen atoms in total. The van der Waals surface area contributed by atoms with Crippen LogP contribution in [0.15, 0.2) is 72.2 Å². The Balaban J connectivity index is 1.64. The number of nitrogens with zero attached hydrogens (tertiary/aromatic N) is 3. The van der Waals surface area contributed by atoms with Gasteiger partial charge in [0.25, 0.3) is 0 Å². The van der Waals surface area contributed by atoms with Crippen molar-refractivity contribution < 1.29 is 14.3 Å². The SMILES string of the molecule is CCCC1=C(C(=O)OCC)[C@H](c2ccc(OCc3ccccc3)cc2)n2ncnc2N1. The summed E-state index contributed by atoms with van der Waals surface area (Å²) >= 11 is 0. The predicted octanol–water partition coefficient (Wildman–Crippen LogP) is 4.49. The number of hydrogen-bond donors (Lipinski definition) is 1. The Bertz CT molecular complexity index is 1060. The quantitative estimate of drug-likeness (QED) is 0.543. The van der Waals surface area contributed by atoms with Crippen LogP contribution in [0.4, 0.5) is 5.95 Å². The molecule has 3 aromatic rings. The van der Waals surface area contributed by atoms with Crippen molar-refractivity contribution in [3.05, 3.63) is 83.3 Å². The number of carbonyl (C=O) groups is 1. The minimum absolute atomic E-state index is 0.310. The molecule has 1 aliphatic rings. The molecular weight excluding hydrogens is 392 g/mol. The summed E-state index contributed by atoms with van der Waals surface area (Å²) in [5.74, 6) is 1.04. The number of fused-ring (bicyclic) bond motifs is 1. The molecule has 1 aliphatic heterocycles. The molecule has 0 unspecified atom stereocenters. The van der Waals surface area contributed by atoms with E-state index in [1.807, 2.05) is 61.5 Å². The number of carbonyl (C=O) groups excluding carboxylic acids is 1. The van der Waals surface area contributed by atoms with Gasteiger partial charge in [-0.3, -0.25) is 0 Å². The molecule has 2 aromatic carbocycles. The fraction of sp³-hybridized carbons (Fsp3) is 0.292. The highest BCUT2D eigenvalue weighted by Gasteiger charge is 2.35. The molecule has 0 saturated carbocycles. The van der Waals surface area contributed by atoms with E-state index in [0.29, 0.717) is 24.7 Å². The molecule has 7 heteroatoms. The van der Waals surface area contributed by atoms with Gasteiger partial charge in [0.05, 0.1) is 12.2 Å². The van der Waals surface area contributed by atoms with Gasteiger partial charge < -0.3 is 14.8 Å². The number of esters is 1. The van der Waals surface area contributed by atoms with Crippen LogP contribution in [0.2, 0.25) is 0 Å². The minimum Gasteiger partial charge on any atom is -0.489 e. The van der Waals surface area contributed by atoms with E-state index in [1.165, 1.54) is 6.33 Å². The second-order valence-corrected chi connectivity index (χ2v) is 7.26. The van der Waals surface area contributed by atoms with Crippen LogP contribution >= 0.6 is 0 Å². The highest BCUT2D eigenvalue weighted by Crippen LogP contribution is 2.37. The topological polar surface area (TPSA) is 78.3 Å². The monoisotopic (exact) mass is 418 g/mol. The third-order valence-corrected chi connectivity index (χ3v) is 5.12. The van der Waals surface area contributed by atoms with Crippen molar-refractivity contribution in [2.24, 2.45) is 0 Å². The first-order chi connectivity index (χ1) is 15.2. The van der Waals surface area contributed by atoms with Gasteiger partial charge >= 0.3 is 5.97 Å². The molecule has 1 atom stereocenters. The highest BCUT2D eigenvalue weighted by molar-refractivity contribution is 5.92. The van der Waals surface area contributed by atoms with Gasteiger partial charge in [-0.05, 0) is 36.6 Å². The van der Waals surface area contributed by atoms with Gasteiger partial charge in [-0.2, -0.15) is 10.1 Å². The molecular formula is C24H26N4O3. The maximum Gasteiger partial charge on any atom is 0.338 e. The molecule has 0 bridgehead atoms. The zero-order valence-electron chi connectivity index (χ0n) is 17.7. The summed E-state index contributed by atoms with van der Waals surface area (Å²) in [5, 5.41) is 7.63. The molecule has 1 N–H and O–H groups in total. The van der Waals surface area contributed by atoms with Crippen molar-refractivity contribution in [3.63, 3.8) is 0 Å². The van der Waals surface area contributed by atoms with Gasteiger partial charge in [0, 0.05) is 5.70 Å². The summed E-state index contributed by atoms with van der Waals surface area (Å²) in [4.78, 5) is 17.2. The van der Waals surface area contributed by atoms with E-state index in [-0.39, 0.29) is 5.97 Å². The number of allylic oxidation sites excluding steroid dienone is 1. The smallest absolute Gasteiger partial charge is 0.338 e. The summed E-state index contributed by atoms with van der Waals surface area (Å²) < 4.78 is 13.0. The third kappa shape index (κ3) is 4.45. The van der Waals surface area contributed by atoms with E-state index in [2.05, 4.69) is 22.3 Å². The number of rotatable bonds is 8. The molecule has 0 spiro atoms. The second-order valence-electron chi connectivity index (χ2n) is 7.26. The maximum atomic E-state index is 12.9. The van der Waals surface area contributed by atoms with E-state index in [4.69, 9.17) is 9.47 Å². The lowest BCUT2D eigenvalue weighted by Crippen LogP contribution is -2.30. The summed E-state index contributed by atoms with van der Waals surface area (Å²) in [7, 11) is 0. The molecule has 160 valence electrons. The largest absolute Gasteiger partial charge is 0.489 e. The Morgan fingerprint density at radius 3 is 2.58 bits per heavy atom. The van der Waals surface area contributed by atoms with Gasteiger partial charge in [-0.15, -0.1) is 0 Å². The molecule has 0 fully saturated rings. The van der Waals surface area contributed by atoms with Crippen LogP contribution in [0.3, 0.4) is 0 Å². The summed E-state index contributed by atoms with van der Waals surface area (Å²) in [6.45, 7) is 4.69. The number of benzene rings is 2. The van der Waals surface area contributed by atoms with Crippen LogP contribution < -0.4 is 10.1 Å². The average molecular weight is 418 g/mol. The van der Waals surface area contributed by atoms with Crippen LogP contribution in [0.5, 0.6) is 5.75 Å². The predicted molar refractivity (Wildman–Crippen MR) is 118 cm³/mol. The molecule has 0 radical (unpaired) electrons. The normalized spacial score (nSPS) is 15.2. The van der Waals surface area contributed by atoms with Crippen molar-refractivity contribution in [1.82, 2.24) is 14.8 Å². The Hall–Kier alpha value is -3.61. The maximum absolute atomic E-state index is 12.9. The first-order valence-electron chi connectivity index (χ1n) is 10.5. The fourth-order valence-corrected chi connectivity index (χ4v) is 3.70. The Morgan fingerprint density at radius 1 is 1.10 bits per heavy atom. The van der Waals surface area contributed by atoms with E-state index in [9.17, 15) is 4.79 Å². The van der Waals surface area contributed by atoms with Crippen molar-refractivity contribution in [3.8, 4) is 5.75 Å².